The number of guanidine groups is 1. The summed E-state index contributed by atoms with van der Waals surface area (Å²) in [6.45, 7) is 6.23. The van der Waals surface area contributed by atoms with Gasteiger partial charge in [-0.1, -0.05) is 54.6 Å². The lowest BCUT2D eigenvalue weighted by Crippen LogP contribution is -2.51. The van der Waals surface area contributed by atoms with Crippen LogP contribution < -0.4 is 10.6 Å². The molecule has 0 bridgehead atoms. The minimum atomic E-state index is 0. The van der Waals surface area contributed by atoms with E-state index in [4.69, 9.17) is 0 Å². The van der Waals surface area contributed by atoms with Gasteiger partial charge in [0.1, 0.15) is 0 Å². The lowest BCUT2D eigenvalue weighted by molar-refractivity contribution is 0.134. The Morgan fingerprint density at radius 2 is 1.71 bits per heavy atom. The highest BCUT2D eigenvalue weighted by atomic mass is 127. The molecule has 2 aromatic carbocycles. The number of hydrogen-bond acceptors (Lipinski definition) is 3. The highest BCUT2D eigenvalue weighted by molar-refractivity contribution is 14.0. The molecule has 1 saturated heterocycles. The second kappa shape index (κ2) is 13.0. The van der Waals surface area contributed by atoms with Crippen molar-refractivity contribution in [3.8, 4) is 0 Å². The van der Waals surface area contributed by atoms with Crippen LogP contribution in [0.1, 0.15) is 36.5 Å². The molecule has 2 unspecified atom stereocenters. The number of benzene rings is 2. The fraction of sp³-hybridized carbons (Fsp3) is 0.480. The van der Waals surface area contributed by atoms with Crippen LogP contribution in [0.4, 0.5) is 0 Å². The lowest BCUT2D eigenvalue weighted by Gasteiger charge is -2.38. The van der Waals surface area contributed by atoms with Gasteiger partial charge in [0, 0.05) is 45.3 Å². The number of likely N-dealkylation sites (tertiary alicyclic amines) is 1. The van der Waals surface area contributed by atoms with Crippen LogP contribution in [-0.2, 0) is 19.6 Å². The third-order valence-corrected chi connectivity index (χ3v) is 5.79. The Morgan fingerprint density at radius 3 is 2.32 bits per heavy atom. The minimum absolute atomic E-state index is 0. The average molecular weight is 536 g/mol. The molecule has 1 aliphatic heterocycles. The zero-order valence-electron chi connectivity index (χ0n) is 19.3. The van der Waals surface area contributed by atoms with Gasteiger partial charge in [0.25, 0.3) is 0 Å². The lowest BCUT2D eigenvalue weighted by atomic mass is 9.97. The molecule has 31 heavy (non-hydrogen) atoms. The van der Waals surface area contributed by atoms with Crippen molar-refractivity contribution in [3.05, 3.63) is 71.3 Å². The first-order valence-corrected chi connectivity index (χ1v) is 11.0. The maximum atomic E-state index is 4.44. The molecule has 0 aliphatic carbocycles. The Labute approximate surface area is 205 Å². The number of piperidine rings is 1. The van der Waals surface area contributed by atoms with Crippen LogP contribution in [-0.4, -0.2) is 55.5 Å². The number of nitrogens with one attached hydrogen (secondary N) is 2. The van der Waals surface area contributed by atoms with Crippen molar-refractivity contribution >= 4 is 29.9 Å². The van der Waals surface area contributed by atoms with Gasteiger partial charge in [-0.25, -0.2) is 0 Å². The Morgan fingerprint density at radius 1 is 1.03 bits per heavy atom. The molecule has 0 spiro atoms. The monoisotopic (exact) mass is 535 g/mol. The summed E-state index contributed by atoms with van der Waals surface area (Å²) in [4.78, 5) is 9.21. The quantitative estimate of drug-likeness (QED) is 0.319. The van der Waals surface area contributed by atoms with Gasteiger partial charge in [-0.3, -0.25) is 9.89 Å². The van der Waals surface area contributed by atoms with Crippen molar-refractivity contribution in [1.82, 2.24) is 20.4 Å². The van der Waals surface area contributed by atoms with Crippen molar-refractivity contribution in [2.45, 2.75) is 51.5 Å². The molecule has 170 valence electrons. The van der Waals surface area contributed by atoms with E-state index in [9.17, 15) is 0 Å². The third kappa shape index (κ3) is 8.43. The predicted octanol–water partition coefficient (Wildman–Crippen LogP) is 4.08. The molecule has 2 aromatic rings. The number of rotatable bonds is 7. The number of halogens is 1. The second-order valence-electron chi connectivity index (χ2n) is 8.65. The maximum absolute atomic E-state index is 4.44. The van der Waals surface area contributed by atoms with Gasteiger partial charge >= 0.3 is 0 Å². The van der Waals surface area contributed by atoms with Crippen molar-refractivity contribution in [1.29, 1.82) is 0 Å². The van der Waals surface area contributed by atoms with Crippen LogP contribution in [0.25, 0.3) is 0 Å². The molecule has 1 heterocycles. The molecule has 2 N–H and O–H groups in total. The molecule has 0 radical (unpaired) electrons. The van der Waals surface area contributed by atoms with E-state index in [0.717, 1.165) is 45.0 Å². The van der Waals surface area contributed by atoms with Gasteiger partial charge in [-0.15, -0.1) is 24.0 Å². The molecule has 0 aromatic heterocycles. The number of hydrogen-bond donors (Lipinski definition) is 2. The van der Waals surface area contributed by atoms with Crippen LogP contribution in [0.2, 0.25) is 0 Å². The topological polar surface area (TPSA) is 42.9 Å². The van der Waals surface area contributed by atoms with Crippen molar-refractivity contribution in [2.24, 2.45) is 4.99 Å². The zero-order chi connectivity index (χ0) is 21.3. The van der Waals surface area contributed by atoms with Crippen molar-refractivity contribution in [2.75, 3.05) is 27.7 Å². The minimum Gasteiger partial charge on any atom is -0.354 e. The smallest absolute Gasteiger partial charge is 0.191 e. The van der Waals surface area contributed by atoms with Gasteiger partial charge in [0.15, 0.2) is 5.96 Å². The van der Waals surface area contributed by atoms with Crippen molar-refractivity contribution in [3.63, 3.8) is 0 Å². The normalized spacial score (nSPS) is 19.7. The fourth-order valence-electron chi connectivity index (χ4n) is 4.11. The first-order valence-electron chi connectivity index (χ1n) is 11.0. The van der Waals surface area contributed by atoms with Gasteiger partial charge in [0.05, 0.1) is 0 Å². The summed E-state index contributed by atoms with van der Waals surface area (Å²) >= 11 is 0. The predicted molar refractivity (Wildman–Crippen MR) is 142 cm³/mol. The Bertz CT molecular complexity index is 791. The van der Waals surface area contributed by atoms with E-state index in [0.29, 0.717) is 12.1 Å². The highest BCUT2D eigenvalue weighted by Gasteiger charge is 2.25. The first-order chi connectivity index (χ1) is 14.5. The van der Waals surface area contributed by atoms with Gasteiger partial charge in [-0.05, 0) is 50.6 Å². The van der Waals surface area contributed by atoms with E-state index < -0.39 is 0 Å². The Balaban J connectivity index is 0.00000341. The van der Waals surface area contributed by atoms with Gasteiger partial charge < -0.3 is 15.5 Å². The summed E-state index contributed by atoms with van der Waals surface area (Å²) in [7, 11) is 6.04. The molecular weight excluding hydrogens is 497 g/mol. The van der Waals surface area contributed by atoms with Crippen molar-refractivity contribution < 1.29 is 0 Å². The summed E-state index contributed by atoms with van der Waals surface area (Å²) < 4.78 is 0. The summed E-state index contributed by atoms with van der Waals surface area (Å²) in [5.74, 6) is 0.890. The average Bonchev–Trinajstić information content (AvgIpc) is 2.74. The number of aliphatic imine (C=N–C) groups is 1. The fourth-order valence-corrected chi connectivity index (χ4v) is 4.11. The molecule has 2 atom stereocenters. The van der Waals surface area contributed by atoms with E-state index in [1.807, 2.05) is 7.05 Å². The van der Waals surface area contributed by atoms with Gasteiger partial charge in [0.2, 0.25) is 0 Å². The molecule has 3 rings (SSSR count). The SMILES string of the molecule is CN=C(NCc1ccc(CN(C)C)cc1)NC1CCN(Cc2ccccc2)C(C)C1.I. The Hall–Kier alpha value is -1.64. The van der Waals surface area contributed by atoms with E-state index in [-0.39, 0.29) is 24.0 Å². The molecule has 5 nitrogen and oxygen atoms in total. The summed E-state index contributed by atoms with van der Waals surface area (Å²) in [5.41, 5.74) is 4.00. The van der Waals surface area contributed by atoms with Crippen LogP contribution in [0.15, 0.2) is 59.6 Å². The standard InChI is InChI=1S/C25H37N5.HI/c1-20-16-24(14-15-30(20)19-22-8-6-5-7-9-22)28-25(26-2)27-17-21-10-12-23(13-11-21)18-29(3)4;/h5-13,20,24H,14-19H2,1-4H3,(H2,26,27,28);1H. The molecular formula is C25H38IN5. The molecule has 1 fully saturated rings. The third-order valence-electron chi connectivity index (χ3n) is 5.79. The van der Waals surface area contributed by atoms with Gasteiger partial charge in [-0.2, -0.15) is 0 Å². The number of nitrogens with zero attached hydrogens (tertiary/aromatic N) is 3. The molecule has 1 aliphatic rings. The maximum Gasteiger partial charge on any atom is 0.191 e. The van der Waals surface area contributed by atoms with E-state index in [1.165, 1.54) is 16.7 Å². The summed E-state index contributed by atoms with van der Waals surface area (Å²) in [5, 5.41) is 7.11. The van der Waals surface area contributed by atoms with E-state index >= 15 is 0 Å². The molecule has 0 saturated carbocycles. The Kier molecular flexibility index (Phi) is 10.8. The van der Waals surface area contributed by atoms with Crippen LogP contribution >= 0.6 is 24.0 Å². The molecule has 0 amide bonds. The first kappa shape index (κ1) is 25.6. The van der Waals surface area contributed by atoms with Crippen LogP contribution in [0, 0.1) is 0 Å². The molecule has 6 heteroatoms. The van der Waals surface area contributed by atoms with Crippen LogP contribution in [0.5, 0.6) is 0 Å². The van der Waals surface area contributed by atoms with E-state index in [1.54, 1.807) is 0 Å². The van der Waals surface area contributed by atoms with E-state index in [2.05, 4.69) is 101 Å². The largest absolute Gasteiger partial charge is 0.354 e. The second-order valence-corrected chi connectivity index (χ2v) is 8.65. The highest BCUT2D eigenvalue weighted by Crippen LogP contribution is 2.20. The summed E-state index contributed by atoms with van der Waals surface area (Å²) in [6, 6.07) is 20.6. The summed E-state index contributed by atoms with van der Waals surface area (Å²) in [6.07, 6.45) is 2.27. The zero-order valence-corrected chi connectivity index (χ0v) is 21.7. The van der Waals surface area contributed by atoms with Crippen LogP contribution in [0.3, 0.4) is 0 Å².